The van der Waals surface area contributed by atoms with Crippen LogP contribution in [0.1, 0.15) is 28.9 Å². The van der Waals surface area contributed by atoms with Gasteiger partial charge in [-0.25, -0.2) is 23.5 Å². The maximum Gasteiger partial charge on any atom is 0.253 e. The molecule has 26 heavy (non-hydrogen) atoms. The van der Waals surface area contributed by atoms with E-state index < -0.39 is 10.0 Å². The molecule has 3 aromatic rings. The van der Waals surface area contributed by atoms with E-state index in [0.717, 1.165) is 5.56 Å². The Labute approximate surface area is 150 Å². The molecule has 0 fully saturated rings. The highest BCUT2D eigenvalue weighted by molar-refractivity contribution is 7.89. The van der Waals surface area contributed by atoms with Crippen LogP contribution >= 0.6 is 0 Å². The Bertz CT molecular complexity index is 998. The highest BCUT2D eigenvalue weighted by Gasteiger charge is 2.14. The minimum Gasteiger partial charge on any atom is -0.345 e. The number of carbonyl (C=O) groups excluding carboxylic acids is 1. The number of rotatable bonds is 5. The highest BCUT2D eigenvalue weighted by atomic mass is 32.2. The summed E-state index contributed by atoms with van der Waals surface area (Å²) in [6.45, 7) is 1.80. The molecule has 1 aromatic carbocycles. The van der Waals surface area contributed by atoms with E-state index >= 15 is 0 Å². The van der Waals surface area contributed by atoms with Gasteiger partial charge in [-0.05, 0) is 36.8 Å². The summed E-state index contributed by atoms with van der Waals surface area (Å²) < 4.78 is 24.3. The van der Waals surface area contributed by atoms with Crippen molar-refractivity contribution in [3.63, 3.8) is 0 Å². The number of hydrogen-bond donors (Lipinski definition) is 2. The molecule has 0 aliphatic carbocycles. The molecule has 9 heteroatoms. The van der Waals surface area contributed by atoms with E-state index in [0.29, 0.717) is 11.4 Å². The Balaban J connectivity index is 1.69. The fraction of sp³-hybridized carbons (Fsp3) is 0.118. The zero-order chi connectivity index (χ0) is 18.7. The smallest absolute Gasteiger partial charge is 0.253 e. The molecule has 0 radical (unpaired) electrons. The summed E-state index contributed by atoms with van der Waals surface area (Å²) >= 11 is 0. The lowest BCUT2D eigenvalue weighted by molar-refractivity contribution is 0.0939. The van der Waals surface area contributed by atoms with Gasteiger partial charge in [0.25, 0.3) is 5.91 Å². The quantitative estimate of drug-likeness (QED) is 0.702. The van der Waals surface area contributed by atoms with E-state index in [-0.39, 0.29) is 16.8 Å². The summed E-state index contributed by atoms with van der Waals surface area (Å²) in [7, 11) is -3.74. The summed E-state index contributed by atoms with van der Waals surface area (Å²) in [6.07, 6.45) is 6.51. The molecule has 2 aromatic heterocycles. The van der Waals surface area contributed by atoms with E-state index in [2.05, 4.69) is 15.3 Å². The molecule has 3 rings (SSSR count). The first-order valence-corrected chi connectivity index (χ1v) is 9.27. The fourth-order valence-electron chi connectivity index (χ4n) is 2.38. The third kappa shape index (κ3) is 3.95. The number of primary sulfonamides is 1. The van der Waals surface area contributed by atoms with E-state index in [4.69, 9.17) is 5.14 Å². The number of hydrogen-bond acceptors (Lipinski definition) is 5. The van der Waals surface area contributed by atoms with Crippen LogP contribution in [0.4, 0.5) is 0 Å². The Morgan fingerprint density at radius 1 is 1.19 bits per heavy atom. The van der Waals surface area contributed by atoms with Crippen molar-refractivity contribution < 1.29 is 13.2 Å². The van der Waals surface area contributed by atoms with Crippen molar-refractivity contribution in [2.75, 3.05) is 0 Å². The number of pyridine rings is 1. The summed E-state index contributed by atoms with van der Waals surface area (Å²) in [5, 5.41) is 7.92. The number of carbonyl (C=O) groups is 1. The van der Waals surface area contributed by atoms with Gasteiger partial charge in [0.2, 0.25) is 10.0 Å². The number of nitrogens with one attached hydrogen (secondary N) is 1. The number of benzene rings is 1. The lowest BCUT2D eigenvalue weighted by atomic mass is 10.1. The molecule has 0 aliphatic heterocycles. The standard InChI is InChI=1S/C17H17N5O3S/c1-12(13-2-5-15(6-3-13)26(18,24)25)21-17(23)14-4-7-16(20-10-14)22-9-8-19-11-22/h2-12H,1H3,(H,21,23)(H2,18,24,25). The third-order valence-electron chi connectivity index (χ3n) is 3.84. The van der Waals surface area contributed by atoms with Crippen molar-refractivity contribution in [1.29, 1.82) is 0 Å². The van der Waals surface area contributed by atoms with Crippen molar-refractivity contribution in [3.05, 3.63) is 72.4 Å². The maximum absolute atomic E-state index is 12.4. The van der Waals surface area contributed by atoms with E-state index in [1.165, 1.54) is 18.3 Å². The van der Waals surface area contributed by atoms with Gasteiger partial charge in [-0.15, -0.1) is 0 Å². The molecular weight excluding hydrogens is 354 g/mol. The zero-order valence-electron chi connectivity index (χ0n) is 13.9. The van der Waals surface area contributed by atoms with Crippen LogP contribution in [0.3, 0.4) is 0 Å². The lowest BCUT2D eigenvalue weighted by Crippen LogP contribution is -2.26. The Hall–Kier alpha value is -3.04. The van der Waals surface area contributed by atoms with Gasteiger partial charge in [0.15, 0.2) is 0 Å². The molecule has 0 bridgehead atoms. The molecule has 2 heterocycles. The Morgan fingerprint density at radius 2 is 1.92 bits per heavy atom. The van der Waals surface area contributed by atoms with Gasteiger partial charge in [0.05, 0.1) is 16.5 Å². The minimum atomic E-state index is -3.74. The lowest BCUT2D eigenvalue weighted by Gasteiger charge is -2.15. The Kier molecular flexibility index (Phi) is 4.83. The van der Waals surface area contributed by atoms with Gasteiger partial charge in [-0.1, -0.05) is 12.1 Å². The van der Waals surface area contributed by atoms with Crippen molar-refractivity contribution in [2.45, 2.75) is 17.9 Å². The van der Waals surface area contributed by atoms with Crippen LogP contribution in [0.15, 0.2) is 66.2 Å². The average Bonchev–Trinajstić information content (AvgIpc) is 3.16. The summed E-state index contributed by atoms with van der Waals surface area (Å²) in [5.74, 6) is 0.378. The minimum absolute atomic E-state index is 0.0269. The molecule has 0 aliphatic rings. The van der Waals surface area contributed by atoms with Crippen LogP contribution in [0.25, 0.3) is 5.82 Å². The fourth-order valence-corrected chi connectivity index (χ4v) is 2.89. The number of nitrogens with two attached hydrogens (primary N) is 1. The Morgan fingerprint density at radius 3 is 2.46 bits per heavy atom. The molecule has 1 unspecified atom stereocenters. The number of imidazole rings is 1. The molecule has 0 saturated carbocycles. The van der Waals surface area contributed by atoms with Crippen molar-refractivity contribution in [1.82, 2.24) is 19.9 Å². The first kappa shape index (κ1) is 17.8. The highest BCUT2D eigenvalue weighted by Crippen LogP contribution is 2.16. The predicted octanol–water partition coefficient (Wildman–Crippen LogP) is 1.41. The predicted molar refractivity (Wildman–Crippen MR) is 95.1 cm³/mol. The van der Waals surface area contributed by atoms with Gasteiger partial charge in [0.1, 0.15) is 12.1 Å². The van der Waals surface area contributed by atoms with Crippen LogP contribution in [-0.2, 0) is 10.0 Å². The van der Waals surface area contributed by atoms with Crippen LogP contribution in [0, 0.1) is 0 Å². The molecular formula is C17H17N5O3S. The first-order chi connectivity index (χ1) is 12.3. The second-order valence-corrected chi connectivity index (χ2v) is 7.25. The van der Waals surface area contributed by atoms with E-state index in [9.17, 15) is 13.2 Å². The first-order valence-electron chi connectivity index (χ1n) is 7.72. The third-order valence-corrected chi connectivity index (χ3v) is 4.76. The van der Waals surface area contributed by atoms with Gasteiger partial charge in [-0.3, -0.25) is 9.36 Å². The number of sulfonamides is 1. The molecule has 8 nitrogen and oxygen atoms in total. The van der Waals surface area contributed by atoms with Crippen LogP contribution in [0.2, 0.25) is 0 Å². The maximum atomic E-state index is 12.4. The number of aromatic nitrogens is 3. The van der Waals surface area contributed by atoms with Crippen LogP contribution < -0.4 is 10.5 Å². The van der Waals surface area contributed by atoms with Crippen molar-refractivity contribution in [2.24, 2.45) is 5.14 Å². The second-order valence-electron chi connectivity index (χ2n) is 5.68. The molecule has 1 atom stereocenters. The molecule has 134 valence electrons. The molecule has 0 saturated heterocycles. The van der Waals surface area contributed by atoms with E-state index in [1.807, 2.05) is 0 Å². The van der Waals surface area contributed by atoms with Crippen LogP contribution in [-0.4, -0.2) is 28.9 Å². The summed E-state index contributed by atoms with van der Waals surface area (Å²) in [5.41, 5.74) is 1.18. The zero-order valence-corrected chi connectivity index (χ0v) is 14.7. The van der Waals surface area contributed by atoms with Crippen molar-refractivity contribution >= 4 is 15.9 Å². The van der Waals surface area contributed by atoms with E-state index in [1.54, 1.807) is 54.5 Å². The topological polar surface area (TPSA) is 120 Å². The normalized spacial score (nSPS) is 12.5. The number of nitrogens with zero attached hydrogens (tertiary/aromatic N) is 3. The monoisotopic (exact) mass is 371 g/mol. The summed E-state index contributed by atoms with van der Waals surface area (Å²) in [6, 6.07) is 9.14. The SMILES string of the molecule is CC(NC(=O)c1ccc(-n2ccnc2)nc1)c1ccc(S(N)(=O)=O)cc1. The number of amides is 1. The van der Waals surface area contributed by atoms with Gasteiger partial charge in [-0.2, -0.15) is 0 Å². The molecule has 3 N–H and O–H groups in total. The molecule has 1 amide bonds. The summed E-state index contributed by atoms with van der Waals surface area (Å²) in [4.78, 5) is 20.6. The second kappa shape index (κ2) is 7.06. The van der Waals surface area contributed by atoms with Gasteiger partial charge in [0, 0.05) is 18.6 Å². The van der Waals surface area contributed by atoms with Crippen LogP contribution in [0.5, 0.6) is 0 Å². The van der Waals surface area contributed by atoms with Gasteiger partial charge < -0.3 is 5.32 Å². The largest absolute Gasteiger partial charge is 0.345 e. The van der Waals surface area contributed by atoms with Crippen molar-refractivity contribution in [3.8, 4) is 5.82 Å². The average molecular weight is 371 g/mol. The molecule has 0 spiro atoms. The van der Waals surface area contributed by atoms with Gasteiger partial charge >= 0.3 is 0 Å².